The molecule has 1 fully saturated rings. The third-order valence-corrected chi connectivity index (χ3v) is 3.52. The molecule has 0 unspecified atom stereocenters. The summed E-state index contributed by atoms with van der Waals surface area (Å²) >= 11 is 0. The van der Waals surface area contributed by atoms with Crippen molar-refractivity contribution in [2.45, 2.75) is 44.9 Å². The van der Waals surface area contributed by atoms with Gasteiger partial charge in [-0.2, -0.15) is 0 Å². The van der Waals surface area contributed by atoms with Crippen LogP contribution in [0.1, 0.15) is 26.3 Å². The number of halogens is 2. The van der Waals surface area contributed by atoms with Crippen molar-refractivity contribution in [1.82, 2.24) is 4.90 Å². The Bertz CT molecular complexity index is 560. The van der Waals surface area contributed by atoms with Crippen molar-refractivity contribution in [3.05, 3.63) is 35.9 Å². The Morgan fingerprint density at radius 1 is 1.32 bits per heavy atom. The number of benzene rings is 1. The van der Waals surface area contributed by atoms with Crippen LogP contribution in [-0.2, 0) is 20.8 Å². The van der Waals surface area contributed by atoms with Crippen molar-refractivity contribution in [1.29, 1.82) is 0 Å². The highest BCUT2D eigenvalue weighted by atomic mass is 19.3. The van der Waals surface area contributed by atoms with Crippen LogP contribution in [0.15, 0.2) is 30.3 Å². The van der Waals surface area contributed by atoms with Crippen LogP contribution >= 0.6 is 0 Å². The summed E-state index contributed by atoms with van der Waals surface area (Å²) in [5.41, 5.74) is 0.195. The zero-order valence-corrected chi connectivity index (χ0v) is 14.8. The Morgan fingerprint density at radius 3 is 2.64 bits per heavy atom. The quantitative estimate of drug-likeness (QED) is 0.828. The summed E-state index contributed by atoms with van der Waals surface area (Å²) in [5, 5.41) is 0. The zero-order valence-electron chi connectivity index (χ0n) is 14.8. The van der Waals surface area contributed by atoms with Gasteiger partial charge >= 0.3 is 6.09 Å². The first kappa shape index (κ1) is 19.6. The highest BCUT2D eigenvalue weighted by Gasteiger charge is 2.41. The third kappa shape index (κ3) is 6.59. The minimum atomic E-state index is -3.12. The third-order valence-electron chi connectivity index (χ3n) is 3.52. The second kappa shape index (κ2) is 8.10. The van der Waals surface area contributed by atoms with Crippen molar-refractivity contribution in [2.24, 2.45) is 0 Å². The Kier molecular flexibility index (Phi) is 6.35. The summed E-state index contributed by atoms with van der Waals surface area (Å²) in [6, 6.07) is 8.86. The Balaban J connectivity index is 2.02. The van der Waals surface area contributed by atoms with Crippen LogP contribution in [0.3, 0.4) is 0 Å². The van der Waals surface area contributed by atoms with Crippen LogP contribution in [-0.4, -0.2) is 54.9 Å². The van der Waals surface area contributed by atoms with Gasteiger partial charge in [0.25, 0.3) is 5.92 Å². The summed E-state index contributed by atoms with van der Waals surface area (Å²) < 4.78 is 43.6. The molecule has 0 aliphatic carbocycles. The lowest BCUT2D eigenvalue weighted by Gasteiger charge is -2.32. The molecule has 7 heteroatoms. The topological polar surface area (TPSA) is 48.0 Å². The van der Waals surface area contributed by atoms with Gasteiger partial charge in [0.2, 0.25) is 0 Å². The predicted molar refractivity (Wildman–Crippen MR) is 88.6 cm³/mol. The predicted octanol–water partition coefficient (Wildman–Crippen LogP) is 3.47. The number of hydrogen-bond donors (Lipinski definition) is 0. The first-order valence-corrected chi connectivity index (χ1v) is 8.23. The van der Waals surface area contributed by atoms with Gasteiger partial charge in [0.05, 0.1) is 32.4 Å². The van der Waals surface area contributed by atoms with Crippen molar-refractivity contribution >= 4 is 6.09 Å². The number of amides is 1. The van der Waals surface area contributed by atoms with E-state index < -0.39 is 36.8 Å². The fraction of sp³-hybridized carbons (Fsp3) is 0.611. The maximum atomic E-state index is 13.9. The highest BCUT2D eigenvalue weighted by Crippen LogP contribution is 2.23. The lowest BCUT2D eigenvalue weighted by atomic mass is 10.2. The van der Waals surface area contributed by atoms with E-state index in [9.17, 15) is 13.6 Å². The molecule has 1 amide bonds. The van der Waals surface area contributed by atoms with E-state index in [-0.39, 0.29) is 13.2 Å². The summed E-state index contributed by atoms with van der Waals surface area (Å²) in [6.07, 6.45) is -0.786. The lowest BCUT2D eigenvalue weighted by molar-refractivity contribution is -0.0703. The fourth-order valence-corrected chi connectivity index (χ4v) is 2.42. The normalized spacial score (nSPS) is 20.8. The molecule has 0 N–H and O–H groups in total. The van der Waals surface area contributed by atoms with Gasteiger partial charge in [0, 0.05) is 0 Å². The minimum Gasteiger partial charge on any atom is -0.444 e. The van der Waals surface area contributed by atoms with E-state index in [0.29, 0.717) is 6.61 Å². The molecule has 1 saturated heterocycles. The average molecular weight is 357 g/mol. The van der Waals surface area contributed by atoms with Crippen molar-refractivity contribution in [2.75, 3.05) is 26.4 Å². The standard InChI is InChI=1S/C18H25F2NO4/c1-17(2,3)25-16(22)21-12-18(19,20)13-24-11-15(21)10-23-9-14-7-5-4-6-8-14/h4-8,15H,9-13H2,1-3H3/t15-/m1/s1. The van der Waals surface area contributed by atoms with Crippen molar-refractivity contribution < 1.29 is 27.8 Å². The number of alkyl halides is 2. The maximum absolute atomic E-state index is 13.9. The van der Waals surface area contributed by atoms with E-state index in [1.165, 1.54) is 0 Å². The molecule has 0 aromatic heterocycles. The van der Waals surface area contributed by atoms with Gasteiger partial charge in [-0.25, -0.2) is 13.6 Å². The molecule has 0 bridgehead atoms. The van der Waals surface area contributed by atoms with E-state index in [0.717, 1.165) is 10.5 Å². The molecule has 1 aromatic rings. The summed E-state index contributed by atoms with van der Waals surface area (Å²) in [5.74, 6) is -3.12. The highest BCUT2D eigenvalue weighted by molar-refractivity contribution is 5.68. The second-order valence-electron chi connectivity index (χ2n) is 7.13. The SMILES string of the molecule is CC(C)(C)OC(=O)N1CC(F)(F)COC[C@H]1COCc1ccccc1. The van der Waals surface area contributed by atoms with Crippen LogP contribution < -0.4 is 0 Å². The van der Waals surface area contributed by atoms with Gasteiger partial charge in [-0.1, -0.05) is 30.3 Å². The Hall–Kier alpha value is -1.73. The van der Waals surface area contributed by atoms with Gasteiger partial charge in [0.15, 0.2) is 0 Å². The van der Waals surface area contributed by atoms with E-state index in [1.54, 1.807) is 20.8 Å². The first-order valence-electron chi connectivity index (χ1n) is 8.23. The van der Waals surface area contributed by atoms with Crippen molar-refractivity contribution in [3.63, 3.8) is 0 Å². The summed E-state index contributed by atoms with van der Waals surface area (Å²) in [4.78, 5) is 13.4. The van der Waals surface area contributed by atoms with Gasteiger partial charge in [-0.05, 0) is 26.3 Å². The van der Waals surface area contributed by atoms with Crippen LogP contribution in [0.25, 0.3) is 0 Å². The molecule has 2 rings (SSSR count). The van der Waals surface area contributed by atoms with Gasteiger partial charge in [-0.15, -0.1) is 0 Å². The Morgan fingerprint density at radius 2 is 2.00 bits per heavy atom. The number of rotatable bonds is 4. The molecule has 1 aliphatic heterocycles. The fourth-order valence-electron chi connectivity index (χ4n) is 2.42. The summed E-state index contributed by atoms with van der Waals surface area (Å²) in [6.45, 7) is 4.00. The number of ether oxygens (including phenoxy) is 3. The molecule has 1 aliphatic rings. The molecule has 1 atom stereocenters. The zero-order chi connectivity index (χ0) is 18.5. The average Bonchev–Trinajstić information content (AvgIpc) is 2.65. The van der Waals surface area contributed by atoms with Crippen LogP contribution in [0, 0.1) is 0 Å². The molecule has 5 nitrogen and oxygen atoms in total. The molecule has 1 aromatic carbocycles. The number of nitrogens with zero attached hydrogens (tertiary/aromatic N) is 1. The molecular weight excluding hydrogens is 332 g/mol. The lowest BCUT2D eigenvalue weighted by Crippen LogP contribution is -2.50. The maximum Gasteiger partial charge on any atom is 0.410 e. The molecule has 140 valence electrons. The van der Waals surface area contributed by atoms with Crippen LogP contribution in [0.2, 0.25) is 0 Å². The molecule has 0 saturated carbocycles. The van der Waals surface area contributed by atoms with E-state index in [4.69, 9.17) is 14.2 Å². The smallest absolute Gasteiger partial charge is 0.410 e. The van der Waals surface area contributed by atoms with E-state index in [2.05, 4.69) is 0 Å². The monoisotopic (exact) mass is 357 g/mol. The number of hydrogen-bond acceptors (Lipinski definition) is 4. The van der Waals surface area contributed by atoms with Gasteiger partial charge in [-0.3, -0.25) is 4.90 Å². The summed E-state index contributed by atoms with van der Waals surface area (Å²) in [7, 11) is 0. The first-order chi connectivity index (χ1) is 11.7. The minimum absolute atomic E-state index is 0.0242. The van der Waals surface area contributed by atoms with Crippen molar-refractivity contribution in [3.8, 4) is 0 Å². The molecule has 0 spiro atoms. The van der Waals surface area contributed by atoms with Gasteiger partial charge in [0.1, 0.15) is 12.2 Å². The molecule has 25 heavy (non-hydrogen) atoms. The van der Waals surface area contributed by atoms with Gasteiger partial charge < -0.3 is 14.2 Å². The molecular formula is C18H25F2NO4. The van der Waals surface area contributed by atoms with E-state index in [1.807, 2.05) is 30.3 Å². The van der Waals surface area contributed by atoms with Crippen LogP contribution in [0.5, 0.6) is 0 Å². The van der Waals surface area contributed by atoms with E-state index >= 15 is 0 Å². The van der Waals surface area contributed by atoms with Crippen LogP contribution in [0.4, 0.5) is 13.6 Å². The largest absolute Gasteiger partial charge is 0.444 e. The number of carbonyl (C=O) groups is 1. The number of carbonyl (C=O) groups excluding carboxylic acids is 1. The molecule has 1 heterocycles. The Labute approximate surface area is 146 Å². The molecule has 0 radical (unpaired) electrons. The second-order valence-corrected chi connectivity index (χ2v) is 7.13.